The zero-order chi connectivity index (χ0) is 16.4. The minimum Gasteiger partial charge on any atom is -0.385 e. The number of nitrogens with one attached hydrogen (secondary N) is 1. The standard InChI is InChI=1S/C15H21N5O2S/c1-17-14-10-2-4-20(15(10)19-8-18-14)11-6-9(7-23-5-3-16)12(21)13(11)22/h2,4,8-9,11-12,21H,3,5-7,16H2,1H3,(H,17,18,19)/t9-,11-,12-/m1/s1. The Morgan fingerprint density at radius 2 is 2.35 bits per heavy atom. The molecule has 2 aromatic heterocycles. The number of fused-ring (bicyclic) bond motifs is 1. The number of thioether (sulfide) groups is 1. The SMILES string of the molecule is CNc1ncnc2c1ccn2[C@@H]1C[C@H](CSCCN)[C@@H](O)C1=O. The van der Waals surface area contributed by atoms with Crippen molar-refractivity contribution in [3.05, 3.63) is 18.6 Å². The number of aromatic nitrogens is 3. The fourth-order valence-corrected chi connectivity index (χ4v) is 4.07. The number of aliphatic hydroxyl groups is 1. The Balaban J connectivity index is 1.86. The van der Waals surface area contributed by atoms with Gasteiger partial charge in [0, 0.05) is 31.5 Å². The Morgan fingerprint density at radius 3 is 3.09 bits per heavy atom. The van der Waals surface area contributed by atoms with Gasteiger partial charge in [-0.2, -0.15) is 11.8 Å². The third kappa shape index (κ3) is 2.93. The molecular formula is C15H21N5O2S. The van der Waals surface area contributed by atoms with Gasteiger partial charge in [0.25, 0.3) is 0 Å². The molecule has 8 heteroatoms. The summed E-state index contributed by atoms with van der Waals surface area (Å²) >= 11 is 1.68. The van der Waals surface area contributed by atoms with Crippen molar-refractivity contribution in [3.63, 3.8) is 0 Å². The maximum absolute atomic E-state index is 12.5. The second-order valence-electron chi connectivity index (χ2n) is 5.65. The van der Waals surface area contributed by atoms with Crippen LogP contribution in [-0.4, -0.2) is 56.6 Å². The summed E-state index contributed by atoms with van der Waals surface area (Å²) in [5, 5.41) is 14.1. The number of nitrogens with zero attached hydrogens (tertiary/aromatic N) is 3. The number of carbonyl (C=O) groups excluding carboxylic acids is 1. The van der Waals surface area contributed by atoms with Gasteiger partial charge in [-0.05, 0) is 18.2 Å². The van der Waals surface area contributed by atoms with Gasteiger partial charge in [-0.15, -0.1) is 0 Å². The molecule has 4 N–H and O–H groups in total. The van der Waals surface area contributed by atoms with E-state index in [0.717, 1.165) is 22.7 Å². The van der Waals surface area contributed by atoms with Crippen LogP contribution in [0.25, 0.3) is 11.0 Å². The molecule has 0 amide bonds. The molecule has 7 nitrogen and oxygen atoms in total. The number of hydrogen-bond donors (Lipinski definition) is 3. The van der Waals surface area contributed by atoms with E-state index in [4.69, 9.17) is 5.73 Å². The molecule has 1 aliphatic carbocycles. The lowest BCUT2D eigenvalue weighted by atomic mass is 10.1. The van der Waals surface area contributed by atoms with Gasteiger partial charge in [0.15, 0.2) is 5.78 Å². The number of rotatable bonds is 6. The largest absolute Gasteiger partial charge is 0.385 e. The van der Waals surface area contributed by atoms with Crippen LogP contribution >= 0.6 is 11.8 Å². The van der Waals surface area contributed by atoms with Gasteiger partial charge in [-0.1, -0.05) is 0 Å². The first-order valence-corrected chi connectivity index (χ1v) is 8.81. The number of anilines is 1. The molecule has 1 aliphatic rings. The van der Waals surface area contributed by atoms with Crippen LogP contribution in [0.2, 0.25) is 0 Å². The van der Waals surface area contributed by atoms with E-state index in [9.17, 15) is 9.90 Å². The quantitative estimate of drug-likeness (QED) is 0.666. The lowest BCUT2D eigenvalue weighted by molar-refractivity contribution is -0.127. The fourth-order valence-electron chi connectivity index (χ4n) is 3.11. The number of hydrogen-bond acceptors (Lipinski definition) is 7. The molecule has 0 radical (unpaired) electrons. The smallest absolute Gasteiger partial charge is 0.184 e. The summed E-state index contributed by atoms with van der Waals surface area (Å²) in [7, 11) is 1.80. The number of ketones is 1. The maximum Gasteiger partial charge on any atom is 0.184 e. The summed E-state index contributed by atoms with van der Waals surface area (Å²) in [5.74, 6) is 2.15. The minimum absolute atomic E-state index is 0.0351. The van der Waals surface area contributed by atoms with E-state index in [-0.39, 0.29) is 17.7 Å². The first kappa shape index (κ1) is 16.2. The van der Waals surface area contributed by atoms with Gasteiger partial charge in [-0.25, -0.2) is 9.97 Å². The van der Waals surface area contributed by atoms with Crippen LogP contribution in [0.15, 0.2) is 18.6 Å². The van der Waals surface area contributed by atoms with E-state index in [1.54, 1.807) is 18.8 Å². The van der Waals surface area contributed by atoms with E-state index in [1.807, 2.05) is 16.8 Å². The Morgan fingerprint density at radius 1 is 1.52 bits per heavy atom. The topological polar surface area (TPSA) is 106 Å². The molecule has 2 heterocycles. The predicted octanol–water partition coefficient (Wildman–Crippen LogP) is 0.656. The Kier molecular flexibility index (Phi) is 4.84. The molecule has 2 aromatic rings. The molecule has 1 fully saturated rings. The average molecular weight is 335 g/mol. The van der Waals surface area contributed by atoms with Gasteiger partial charge in [0.1, 0.15) is 23.9 Å². The van der Waals surface area contributed by atoms with Crippen molar-refractivity contribution in [2.75, 3.05) is 30.4 Å². The zero-order valence-electron chi connectivity index (χ0n) is 13.0. The van der Waals surface area contributed by atoms with E-state index < -0.39 is 6.10 Å². The van der Waals surface area contributed by atoms with Crippen LogP contribution in [0.5, 0.6) is 0 Å². The third-order valence-electron chi connectivity index (χ3n) is 4.27. The van der Waals surface area contributed by atoms with Crippen molar-refractivity contribution in [2.45, 2.75) is 18.6 Å². The second kappa shape index (κ2) is 6.86. The Hall–Kier alpha value is -1.64. The fraction of sp³-hybridized carbons (Fsp3) is 0.533. The van der Waals surface area contributed by atoms with E-state index in [1.165, 1.54) is 6.33 Å². The van der Waals surface area contributed by atoms with Crippen molar-refractivity contribution in [2.24, 2.45) is 11.7 Å². The van der Waals surface area contributed by atoms with Crippen LogP contribution in [0, 0.1) is 5.92 Å². The molecular weight excluding hydrogens is 314 g/mol. The van der Waals surface area contributed by atoms with Gasteiger partial charge in [-0.3, -0.25) is 4.79 Å². The summed E-state index contributed by atoms with van der Waals surface area (Å²) < 4.78 is 1.86. The predicted molar refractivity (Wildman–Crippen MR) is 91.6 cm³/mol. The maximum atomic E-state index is 12.5. The molecule has 3 rings (SSSR count). The highest BCUT2D eigenvalue weighted by Gasteiger charge is 2.42. The number of carbonyl (C=O) groups is 1. The first-order chi connectivity index (χ1) is 11.2. The van der Waals surface area contributed by atoms with Crippen LogP contribution < -0.4 is 11.1 Å². The molecule has 124 valence electrons. The minimum atomic E-state index is -0.909. The molecule has 0 aliphatic heterocycles. The van der Waals surface area contributed by atoms with Gasteiger partial charge < -0.3 is 20.7 Å². The molecule has 0 unspecified atom stereocenters. The highest BCUT2D eigenvalue weighted by molar-refractivity contribution is 7.99. The summed E-state index contributed by atoms with van der Waals surface area (Å²) in [5.41, 5.74) is 6.21. The van der Waals surface area contributed by atoms with Crippen LogP contribution in [-0.2, 0) is 4.79 Å². The van der Waals surface area contributed by atoms with E-state index in [0.29, 0.717) is 18.6 Å². The van der Waals surface area contributed by atoms with E-state index in [2.05, 4.69) is 15.3 Å². The summed E-state index contributed by atoms with van der Waals surface area (Å²) in [6.45, 7) is 0.608. The van der Waals surface area contributed by atoms with Crippen molar-refractivity contribution in [1.29, 1.82) is 0 Å². The summed E-state index contributed by atoms with van der Waals surface area (Å²) in [6.07, 6.45) is 3.05. The molecule has 0 saturated heterocycles. The number of aliphatic hydroxyl groups excluding tert-OH is 1. The van der Waals surface area contributed by atoms with Crippen LogP contribution in [0.3, 0.4) is 0 Å². The summed E-state index contributed by atoms with van der Waals surface area (Å²) in [4.78, 5) is 21.0. The van der Waals surface area contributed by atoms with Gasteiger partial charge in [0.2, 0.25) is 0 Å². The van der Waals surface area contributed by atoms with Crippen molar-refractivity contribution >= 4 is 34.4 Å². The molecule has 0 bridgehead atoms. The van der Waals surface area contributed by atoms with Gasteiger partial charge in [0.05, 0.1) is 11.4 Å². The Bertz CT molecular complexity index is 704. The summed E-state index contributed by atoms with van der Waals surface area (Å²) in [6, 6.07) is 1.53. The number of Topliss-reactive ketones (excluding diaryl/α,β-unsaturated/α-hetero) is 1. The van der Waals surface area contributed by atoms with Gasteiger partial charge >= 0.3 is 0 Å². The third-order valence-corrected chi connectivity index (χ3v) is 5.46. The normalized spacial score (nSPS) is 24.5. The van der Waals surface area contributed by atoms with Crippen molar-refractivity contribution in [3.8, 4) is 0 Å². The van der Waals surface area contributed by atoms with Crippen molar-refractivity contribution < 1.29 is 9.90 Å². The second-order valence-corrected chi connectivity index (χ2v) is 6.80. The molecule has 3 atom stereocenters. The zero-order valence-corrected chi connectivity index (χ0v) is 13.8. The number of nitrogens with two attached hydrogens (primary N) is 1. The van der Waals surface area contributed by atoms with Crippen molar-refractivity contribution in [1.82, 2.24) is 14.5 Å². The first-order valence-electron chi connectivity index (χ1n) is 7.66. The molecule has 0 aromatic carbocycles. The average Bonchev–Trinajstić information content (AvgIpc) is 3.11. The monoisotopic (exact) mass is 335 g/mol. The lowest BCUT2D eigenvalue weighted by Gasteiger charge is -2.13. The van der Waals surface area contributed by atoms with Crippen LogP contribution in [0.4, 0.5) is 5.82 Å². The van der Waals surface area contributed by atoms with E-state index >= 15 is 0 Å². The molecule has 0 spiro atoms. The lowest BCUT2D eigenvalue weighted by Crippen LogP contribution is -2.25. The molecule has 23 heavy (non-hydrogen) atoms. The highest BCUT2D eigenvalue weighted by Crippen LogP contribution is 2.36. The molecule has 1 saturated carbocycles. The van der Waals surface area contributed by atoms with Crippen LogP contribution in [0.1, 0.15) is 12.5 Å². The highest BCUT2D eigenvalue weighted by atomic mass is 32.2. The Labute approximate surface area is 138 Å².